The Kier molecular flexibility index (Phi) is 11.9. The van der Waals surface area contributed by atoms with Gasteiger partial charge in [0.1, 0.15) is 0 Å². The standard InChI is InChI=1S/C11H14O2.2Na/c1-9(8-11(12)13)7-10-5-3-2-4-6-10;;/h2-6,9H,7-8H2,1H3,(H,12,13);;. The van der Waals surface area contributed by atoms with Crippen molar-refractivity contribution in [3.63, 3.8) is 0 Å². The maximum absolute atomic E-state index is 10.4. The van der Waals surface area contributed by atoms with Gasteiger partial charge in [-0.15, -0.1) is 0 Å². The summed E-state index contributed by atoms with van der Waals surface area (Å²) in [6.45, 7) is 1.96. The summed E-state index contributed by atoms with van der Waals surface area (Å²) < 4.78 is 0. The van der Waals surface area contributed by atoms with Crippen LogP contribution in [0.2, 0.25) is 0 Å². The predicted molar refractivity (Wildman–Crippen MR) is 63.1 cm³/mol. The van der Waals surface area contributed by atoms with Gasteiger partial charge in [-0.1, -0.05) is 37.3 Å². The molecule has 1 atom stereocenters. The van der Waals surface area contributed by atoms with Gasteiger partial charge < -0.3 is 5.11 Å². The van der Waals surface area contributed by atoms with Crippen molar-refractivity contribution >= 4 is 65.1 Å². The number of hydrogen-bond donors (Lipinski definition) is 1. The normalized spacial score (nSPS) is 10.7. The topological polar surface area (TPSA) is 37.3 Å². The molecule has 0 heterocycles. The minimum atomic E-state index is -0.719. The SMILES string of the molecule is CC(CC(=O)O)Cc1ccccc1.[Na].[Na]. The fourth-order valence-corrected chi connectivity index (χ4v) is 1.39. The molecule has 0 aromatic heterocycles. The summed E-state index contributed by atoms with van der Waals surface area (Å²) in [5.74, 6) is -0.511. The van der Waals surface area contributed by atoms with Crippen LogP contribution in [0.1, 0.15) is 18.9 Å². The molecule has 1 unspecified atom stereocenters. The van der Waals surface area contributed by atoms with E-state index in [0.717, 1.165) is 6.42 Å². The van der Waals surface area contributed by atoms with Crippen LogP contribution < -0.4 is 0 Å². The predicted octanol–water partition coefficient (Wildman–Crippen LogP) is 1.58. The van der Waals surface area contributed by atoms with E-state index in [4.69, 9.17) is 5.11 Å². The van der Waals surface area contributed by atoms with Crippen molar-refractivity contribution in [2.24, 2.45) is 5.92 Å². The van der Waals surface area contributed by atoms with Crippen LogP contribution in [0.5, 0.6) is 0 Å². The number of benzene rings is 1. The van der Waals surface area contributed by atoms with Crippen LogP contribution in [0.3, 0.4) is 0 Å². The number of carbonyl (C=O) groups is 1. The van der Waals surface area contributed by atoms with Crippen LogP contribution >= 0.6 is 0 Å². The van der Waals surface area contributed by atoms with Gasteiger partial charge in [0, 0.05) is 65.5 Å². The number of rotatable bonds is 4. The van der Waals surface area contributed by atoms with Crippen molar-refractivity contribution in [3.05, 3.63) is 35.9 Å². The van der Waals surface area contributed by atoms with Gasteiger partial charge in [0.25, 0.3) is 0 Å². The van der Waals surface area contributed by atoms with Gasteiger partial charge in [0.15, 0.2) is 0 Å². The van der Waals surface area contributed by atoms with Crippen LogP contribution in [0.25, 0.3) is 0 Å². The molecule has 15 heavy (non-hydrogen) atoms. The Balaban J connectivity index is 0. The van der Waals surface area contributed by atoms with Crippen LogP contribution in [-0.2, 0) is 11.2 Å². The molecule has 0 spiro atoms. The molecule has 0 saturated heterocycles. The Morgan fingerprint density at radius 1 is 1.27 bits per heavy atom. The van der Waals surface area contributed by atoms with Crippen LogP contribution in [0.4, 0.5) is 0 Å². The van der Waals surface area contributed by atoms with Gasteiger partial charge >= 0.3 is 5.97 Å². The van der Waals surface area contributed by atoms with Crippen molar-refractivity contribution in [1.29, 1.82) is 0 Å². The van der Waals surface area contributed by atoms with Crippen molar-refractivity contribution in [2.45, 2.75) is 19.8 Å². The van der Waals surface area contributed by atoms with Gasteiger partial charge in [0.05, 0.1) is 0 Å². The molecule has 4 heteroatoms. The summed E-state index contributed by atoms with van der Waals surface area (Å²) in [4.78, 5) is 10.4. The van der Waals surface area contributed by atoms with Gasteiger partial charge in [-0.2, -0.15) is 0 Å². The van der Waals surface area contributed by atoms with Crippen LogP contribution in [0, 0.1) is 5.92 Å². The largest absolute Gasteiger partial charge is 0.481 e. The Morgan fingerprint density at radius 3 is 2.27 bits per heavy atom. The number of carboxylic acids is 1. The van der Waals surface area contributed by atoms with Crippen molar-refractivity contribution in [1.82, 2.24) is 0 Å². The van der Waals surface area contributed by atoms with E-state index in [0.29, 0.717) is 0 Å². The summed E-state index contributed by atoms with van der Waals surface area (Å²) >= 11 is 0. The molecule has 0 aliphatic carbocycles. The number of aliphatic carboxylic acids is 1. The Bertz CT molecular complexity index is 275. The molecule has 1 N–H and O–H groups in total. The molecule has 2 radical (unpaired) electrons. The number of hydrogen-bond acceptors (Lipinski definition) is 1. The average Bonchev–Trinajstić information content (AvgIpc) is 2.04. The molecule has 0 aliphatic rings. The zero-order valence-electron chi connectivity index (χ0n) is 9.73. The summed E-state index contributed by atoms with van der Waals surface area (Å²) in [5, 5.41) is 8.56. The third-order valence-corrected chi connectivity index (χ3v) is 1.95. The summed E-state index contributed by atoms with van der Waals surface area (Å²) in [5.41, 5.74) is 1.20. The molecule has 0 bridgehead atoms. The third kappa shape index (κ3) is 8.49. The molecular formula is C11H14Na2O2. The van der Waals surface area contributed by atoms with Crippen molar-refractivity contribution < 1.29 is 9.90 Å². The molecule has 2 nitrogen and oxygen atoms in total. The van der Waals surface area contributed by atoms with Gasteiger partial charge in [0.2, 0.25) is 0 Å². The Morgan fingerprint density at radius 2 is 1.80 bits per heavy atom. The van der Waals surface area contributed by atoms with Gasteiger partial charge in [-0.05, 0) is 17.9 Å². The first-order valence-electron chi connectivity index (χ1n) is 4.44. The van der Waals surface area contributed by atoms with Crippen LogP contribution in [-0.4, -0.2) is 70.2 Å². The molecule has 1 rings (SSSR count). The van der Waals surface area contributed by atoms with Gasteiger partial charge in [-0.3, -0.25) is 4.79 Å². The van der Waals surface area contributed by atoms with E-state index in [-0.39, 0.29) is 71.5 Å². The molecule has 0 amide bonds. The van der Waals surface area contributed by atoms with Crippen molar-refractivity contribution in [3.8, 4) is 0 Å². The smallest absolute Gasteiger partial charge is 0.303 e. The molecule has 0 aliphatic heterocycles. The van der Waals surface area contributed by atoms with E-state index < -0.39 is 5.97 Å². The fraction of sp³-hybridized carbons (Fsp3) is 0.364. The second-order valence-electron chi connectivity index (χ2n) is 3.39. The third-order valence-electron chi connectivity index (χ3n) is 1.95. The first-order chi connectivity index (χ1) is 6.18. The molecular weight excluding hydrogens is 210 g/mol. The van der Waals surface area contributed by atoms with Crippen LogP contribution in [0.15, 0.2) is 30.3 Å². The summed E-state index contributed by atoms with van der Waals surface area (Å²) in [7, 11) is 0. The molecule has 1 aromatic rings. The maximum Gasteiger partial charge on any atom is 0.303 e. The first kappa shape index (κ1) is 18.1. The zero-order valence-corrected chi connectivity index (χ0v) is 13.7. The monoisotopic (exact) mass is 224 g/mol. The summed E-state index contributed by atoms with van der Waals surface area (Å²) in [6, 6.07) is 9.97. The number of carboxylic acid groups (broad SMARTS) is 1. The van der Waals surface area contributed by atoms with E-state index >= 15 is 0 Å². The van der Waals surface area contributed by atoms with E-state index in [1.165, 1.54) is 5.56 Å². The first-order valence-corrected chi connectivity index (χ1v) is 4.44. The Labute approximate surface area is 135 Å². The average molecular weight is 224 g/mol. The second-order valence-corrected chi connectivity index (χ2v) is 3.39. The van der Waals surface area contributed by atoms with E-state index in [1.54, 1.807) is 0 Å². The van der Waals surface area contributed by atoms with E-state index in [1.807, 2.05) is 37.3 Å². The van der Waals surface area contributed by atoms with E-state index in [9.17, 15) is 4.79 Å². The molecule has 0 saturated carbocycles. The summed E-state index contributed by atoms with van der Waals surface area (Å²) in [6.07, 6.45) is 1.09. The Hall–Kier alpha value is 0.690. The second kappa shape index (κ2) is 9.88. The van der Waals surface area contributed by atoms with Crippen molar-refractivity contribution in [2.75, 3.05) is 0 Å². The zero-order chi connectivity index (χ0) is 9.68. The fourth-order valence-electron chi connectivity index (χ4n) is 1.39. The van der Waals surface area contributed by atoms with E-state index in [2.05, 4.69) is 0 Å². The molecule has 1 aromatic carbocycles. The minimum Gasteiger partial charge on any atom is -0.481 e. The maximum atomic E-state index is 10.4. The quantitative estimate of drug-likeness (QED) is 0.788. The minimum absolute atomic E-state index is 0. The molecule has 0 fully saturated rings. The van der Waals surface area contributed by atoms with Gasteiger partial charge in [-0.25, -0.2) is 0 Å². The molecule has 72 valence electrons.